The second-order valence-electron chi connectivity index (χ2n) is 4.07. The summed E-state index contributed by atoms with van der Waals surface area (Å²) < 4.78 is 30.5. The maximum absolute atomic E-state index is 11.9. The first-order chi connectivity index (χ1) is 7.49. The smallest absolute Gasteiger partial charge is 0.214 e. The second-order valence-corrected chi connectivity index (χ2v) is 6.39. The van der Waals surface area contributed by atoms with Gasteiger partial charge in [-0.25, -0.2) is 8.42 Å². The van der Waals surface area contributed by atoms with Crippen LogP contribution in [0.5, 0.6) is 0 Å². The third kappa shape index (κ3) is 3.85. The highest BCUT2D eigenvalue weighted by atomic mass is 35.5. The largest absolute Gasteiger partial charge is 0.394 e. The summed E-state index contributed by atoms with van der Waals surface area (Å²) in [6, 6.07) is 0. The van der Waals surface area contributed by atoms with Gasteiger partial charge in [-0.2, -0.15) is 4.31 Å². The molecule has 1 N–H and O–H groups in total. The van der Waals surface area contributed by atoms with E-state index in [1.165, 1.54) is 4.31 Å². The Labute approximate surface area is 101 Å². The molecule has 0 spiro atoms. The Morgan fingerprint density at radius 1 is 1.62 bits per heavy atom. The van der Waals surface area contributed by atoms with E-state index in [9.17, 15) is 8.42 Å². The number of alkyl halides is 1. The van der Waals surface area contributed by atoms with Crippen molar-refractivity contribution in [3.05, 3.63) is 0 Å². The van der Waals surface area contributed by atoms with E-state index < -0.39 is 16.1 Å². The van der Waals surface area contributed by atoms with Crippen LogP contribution in [0.15, 0.2) is 0 Å². The number of hydrogen-bond donors (Lipinski definition) is 1. The normalized spacial score (nSPS) is 25.6. The van der Waals surface area contributed by atoms with E-state index >= 15 is 0 Å². The van der Waals surface area contributed by atoms with Gasteiger partial charge in [-0.3, -0.25) is 0 Å². The number of rotatable bonds is 5. The summed E-state index contributed by atoms with van der Waals surface area (Å²) in [7, 11) is -3.28. The molecule has 2 atom stereocenters. The molecule has 0 amide bonds. The molecule has 7 heteroatoms. The topological polar surface area (TPSA) is 66.8 Å². The first-order valence-electron chi connectivity index (χ1n) is 5.26. The first kappa shape index (κ1) is 14.2. The number of sulfonamides is 1. The number of hydrogen-bond acceptors (Lipinski definition) is 4. The van der Waals surface area contributed by atoms with E-state index in [4.69, 9.17) is 21.4 Å². The molecule has 16 heavy (non-hydrogen) atoms. The van der Waals surface area contributed by atoms with E-state index in [2.05, 4.69) is 0 Å². The van der Waals surface area contributed by atoms with Crippen molar-refractivity contribution in [2.45, 2.75) is 13.0 Å². The molecule has 0 aromatic heterocycles. The summed E-state index contributed by atoms with van der Waals surface area (Å²) in [4.78, 5) is 0. The zero-order valence-corrected chi connectivity index (χ0v) is 10.9. The van der Waals surface area contributed by atoms with Crippen LogP contribution in [0.4, 0.5) is 0 Å². The van der Waals surface area contributed by atoms with E-state index in [1.807, 2.05) is 0 Å². The lowest BCUT2D eigenvalue weighted by atomic mass is 10.3. The number of nitrogens with zero attached hydrogens (tertiary/aromatic N) is 1. The molecule has 0 aliphatic carbocycles. The van der Waals surface area contributed by atoms with Gasteiger partial charge >= 0.3 is 0 Å². The van der Waals surface area contributed by atoms with Crippen molar-refractivity contribution in [1.82, 2.24) is 4.31 Å². The van der Waals surface area contributed by atoms with Crippen LogP contribution in [0.25, 0.3) is 0 Å². The number of halogens is 1. The van der Waals surface area contributed by atoms with Crippen molar-refractivity contribution < 1.29 is 18.3 Å². The van der Waals surface area contributed by atoms with Crippen LogP contribution in [-0.4, -0.2) is 61.9 Å². The molecule has 0 aromatic rings. The fourth-order valence-corrected chi connectivity index (χ4v) is 3.60. The number of aliphatic hydroxyl groups excluding tert-OH is 1. The molecule has 1 aliphatic heterocycles. The number of morpholine rings is 1. The molecule has 0 saturated carbocycles. The van der Waals surface area contributed by atoms with Crippen LogP contribution in [-0.2, 0) is 14.8 Å². The van der Waals surface area contributed by atoms with Gasteiger partial charge in [0.25, 0.3) is 0 Å². The van der Waals surface area contributed by atoms with Crippen LogP contribution >= 0.6 is 11.6 Å². The Hall–Kier alpha value is 0.120. The number of aliphatic hydroxyl groups is 1. The van der Waals surface area contributed by atoms with Crippen molar-refractivity contribution in [2.75, 3.05) is 37.9 Å². The summed E-state index contributed by atoms with van der Waals surface area (Å²) >= 11 is 5.61. The minimum absolute atomic E-state index is 0.0502. The van der Waals surface area contributed by atoms with Gasteiger partial charge in [-0.1, -0.05) is 6.92 Å². The van der Waals surface area contributed by atoms with Crippen LogP contribution < -0.4 is 0 Å². The van der Waals surface area contributed by atoms with E-state index in [1.54, 1.807) is 6.92 Å². The van der Waals surface area contributed by atoms with Crippen molar-refractivity contribution in [2.24, 2.45) is 5.92 Å². The Bertz CT molecular complexity index is 309. The fraction of sp³-hybridized carbons (Fsp3) is 1.00. The van der Waals surface area contributed by atoms with Crippen molar-refractivity contribution in [3.8, 4) is 0 Å². The molecule has 1 aliphatic rings. The molecule has 1 fully saturated rings. The lowest BCUT2D eigenvalue weighted by Gasteiger charge is -2.31. The van der Waals surface area contributed by atoms with Crippen molar-refractivity contribution in [1.29, 1.82) is 0 Å². The minimum atomic E-state index is -3.28. The summed E-state index contributed by atoms with van der Waals surface area (Å²) in [6.07, 6.45) is -0.408. The lowest BCUT2D eigenvalue weighted by Crippen LogP contribution is -2.48. The molecule has 5 nitrogen and oxygen atoms in total. The predicted octanol–water partition coefficient (Wildman–Crippen LogP) is -0.116. The highest BCUT2D eigenvalue weighted by molar-refractivity contribution is 7.89. The average Bonchev–Trinajstić information content (AvgIpc) is 2.28. The molecular weight excluding hydrogens is 254 g/mol. The molecule has 0 aromatic carbocycles. The molecule has 0 bridgehead atoms. The molecule has 1 rings (SSSR count). The van der Waals surface area contributed by atoms with Crippen LogP contribution in [0.3, 0.4) is 0 Å². The van der Waals surface area contributed by atoms with Crippen LogP contribution in [0, 0.1) is 5.92 Å². The lowest BCUT2D eigenvalue weighted by molar-refractivity contribution is -0.0305. The van der Waals surface area contributed by atoms with Crippen molar-refractivity contribution >= 4 is 21.6 Å². The molecule has 1 saturated heterocycles. The standard InChI is InChI=1S/C9H18ClNO4S/c1-8(4-10)7-16(13,14)11-2-3-15-9(5-11)6-12/h8-9,12H,2-7H2,1H3. The van der Waals surface area contributed by atoms with Gasteiger partial charge in [0.2, 0.25) is 10.0 Å². The van der Waals surface area contributed by atoms with E-state index in [0.717, 1.165) is 0 Å². The van der Waals surface area contributed by atoms with Crippen LogP contribution in [0.1, 0.15) is 6.92 Å². The van der Waals surface area contributed by atoms with Gasteiger partial charge in [0.05, 0.1) is 25.1 Å². The van der Waals surface area contributed by atoms with Gasteiger partial charge in [0, 0.05) is 19.0 Å². The summed E-state index contributed by atoms with van der Waals surface area (Å²) in [6.45, 7) is 2.56. The zero-order chi connectivity index (χ0) is 12.2. The van der Waals surface area contributed by atoms with E-state index in [0.29, 0.717) is 19.0 Å². The van der Waals surface area contributed by atoms with Gasteiger partial charge < -0.3 is 9.84 Å². The van der Waals surface area contributed by atoms with Crippen molar-refractivity contribution in [3.63, 3.8) is 0 Å². The molecular formula is C9H18ClNO4S. The molecule has 2 unspecified atom stereocenters. The second kappa shape index (κ2) is 6.16. The zero-order valence-electron chi connectivity index (χ0n) is 9.30. The summed E-state index contributed by atoms with van der Waals surface area (Å²) in [5.41, 5.74) is 0. The summed E-state index contributed by atoms with van der Waals surface area (Å²) in [5, 5.41) is 8.93. The minimum Gasteiger partial charge on any atom is -0.394 e. The maximum Gasteiger partial charge on any atom is 0.214 e. The van der Waals surface area contributed by atoms with Gasteiger partial charge in [-0.05, 0) is 5.92 Å². The highest BCUT2D eigenvalue weighted by Gasteiger charge is 2.29. The number of ether oxygens (including phenoxy) is 1. The van der Waals surface area contributed by atoms with Crippen LogP contribution in [0.2, 0.25) is 0 Å². The Morgan fingerprint density at radius 3 is 2.88 bits per heavy atom. The van der Waals surface area contributed by atoms with Gasteiger partial charge in [0.1, 0.15) is 0 Å². The quantitative estimate of drug-likeness (QED) is 0.709. The predicted molar refractivity (Wildman–Crippen MR) is 62.1 cm³/mol. The Morgan fingerprint density at radius 2 is 2.31 bits per heavy atom. The molecule has 96 valence electrons. The molecule has 0 radical (unpaired) electrons. The maximum atomic E-state index is 11.9. The monoisotopic (exact) mass is 271 g/mol. The third-order valence-corrected chi connectivity index (χ3v) is 5.09. The molecule has 1 heterocycles. The highest BCUT2D eigenvalue weighted by Crippen LogP contribution is 2.13. The first-order valence-corrected chi connectivity index (χ1v) is 7.40. The van der Waals surface area contributed by atoms with E-state index in [-0.39, 0.29) is 24.8 Å². The summed E-state index contributed by atoms with van der Waals surface area (Å²) in [5.74, 6) is 0.309. The Balaban J connectivity index is 2.61. The van der Waals surface area contributed by atoms with Gasteiger partial charge in [0.15, 0.2) is 0 Å². The SMILES string of the molecule is CC(CCl)CS(=O)(=O)N1CCOC(CO)C1. The Kier molecular flexibility index (Phi) is 5.46. The third-order valence-electron chi connectivity index (χ3n) is 2.46. The van der Waals surface area contributed by atoms with Gasteiger partial charge in [-0.15, -0.1) is 11.6 Å². The fourth-order valence-electron chi connectivity index (χ4n) is 1.56. The average molecular weight is 272 g/mol.